The summed E-state index contributed by atoms with van der Waals surface area (Å²) >= 11 is 0.945. The molecule has 0 aliphatic rings. The van der Waals surface area contributed by atoms with Gasteiger partial charge in [-0.05, 0) is 30.3 Å². The first-order valence-corrected chi connectivity index (χ1v) is 6.61. The maximum Gasteiger partial charge on any atom is 0.339 e. The van der Waals surface area contributed by atoms with Crippen LogP contribution in [-0.4, -0.2) is 14.8 Å². The van der Waals surface area contributed by atoms with Crippen LogP contribution in [0.4, 0.5) is 4.39 Å². The van der Waals surface area contributed by atoms with Gasteiger partial charge >= 0.3 is 11.1 Å². The van der Waals surface area contributed by atoms with E-state index >= 15 is 0 Å². The van der Waals surface area contributed by atoms with E-state index in [1.807, 2.05) is 0 Å². The number of aromatic amines is 1. The van der Waals surface area contributed by atoms with E-state index in [1.165, 1.54) is 17.8 Å². The summed E-state index contributed by atoms with van der Waals surface area (Å²) in [6, 6.07) is 4.21. The summed E-state index contributed by atoms with van der Waals surface area (Å²) in [7, 11) is 1.52. The molecule has 0 radical (unpaired) electrons. The van der Waals surface area contributed by atoms with Gasteiger partial charge < -0.3 is 5.73 Å². The average Bonchev–Trinajstić information content (AvgIpc) is 2.37. The number of nitrogens with zero attached hydrogens (tertiary/aromatic N) is 2. The molecule has 0 bridgehead atoms. The second-order valence-corrected chi connectivity index (χ2v) is 5.23. The van der Waals surface area contributed by atoms with Gasteiger partial charge in [-0.1, -0.05) is 12.1 Å². The summed E-state index contributed by atoms with van der Waals surface area (Å²) < 4.78 is 15.2. The SMILES string of the molecule is C[C@H](N)c1cccc(F)c1Sc1nc(=O)c(=O)[nH]n1C. The van der Waals surface area contributed by atoms with Gasteiger partial charge in [0.15, 0.2) is 5.16 Å². The molecule has 1 aromatic carbocycles. The van der Waals surface area contributed by atoms with Crippen LogP contribution in [0.1, 0.15) is 18.5 Å². The quantitative estimate of drug-likeness (QED) is 0.816. The number of nitrogens with one attached hydrogen (secondary N) is 1. The molecule has 106 valence electrons. The van der Waals surface area contributed by atoms with E-state index in [2.05, 4.69) is 10.1 Å². The normalized spacial score (nSPS) is 12.4. The predicted molar refractivity (Wildman–Crippen MR) is 73.2 cm³/mol. The molecule has 0 aliphatic heterocycles. The van der Waals surface area contributed by atoms with E-state index < -0.39 is 16.9 Å². The lowest BCUT2D eigenvalue weighted by atomic mass is 10.1. The largest absolute Gasteiger partial charge is 0.339 e. The minimum absolute atomic E-state index is 0.182. The topological polar surface area (TPSA) is 93.8 Å². The third-order valence-corrected chi connectivity index (χ3v) is 3.81. The number of benzene rings is 1. The zero-order valence-electron chi connectivity index (χ0n) is 10.9. The molecule has 0 aliphatic carbocycles. The molecule has 2 rings (SSSR count). The molecule has 1 aromatic heterocycles. The number of halogens is 1. The highest BCUT2D eigenvalue weighted by molar-refractivity contribution is 7.99. The van der Waals surface area contributed by atoms with Crippen LogP contribution >= 0.6 is 11.8 Å². The molecule has 0 amide bonds. The zero-order valence-corrected chi connectivity index (χ0v) is 11.7. The summed E-state index contributed by atoms with van der Waals surface area (Å²) in [5.74, 6) is -0.453. The second kappa shape index (κ2) is 5.59. The van der Waals surface area contributed by atoms with E-state index in [1.54, 1.807) is 19.1 Å². The van der Waals surface area contributed by atoms with Crippen molar-refractivity contribution in [2.75, 3.05) is 0 Å². The summed E-state index contributed by atoms with van der Waals surface area (Å²) in [5, 5.41) is 2.49. The molecule has 0 saturated carbocycles. The number of rotatable bonds is 3. The molecule has 3 N–H and O–H groups in total. The van der Waals surface area contributed by atoms with E-state index in [4.69, 9.17) is 5.73 Å². The van der Waals surface area contributed by atoms with Crippen molar-refractivity contribution in [2.45, 2.75) is 23.0 Å². The summed E-state index contributed by atoms with van der Waals surface area (Å²) in [4.78, 5) is 26.3. The van der Waals surface area contributed by atoms with E-state index in [-0.39, 0.29) is 16.1 Å². The lowest BCUT2D eigenvalue weighted by molar-refractivity contribution is 0.581. The van der Waals surface area contributed by atoms with Gasteiger partial charge in [0.25, 0.3) is 0 Å². The van der Waals surface area contributed by atoms with Gasteiger partial charge in [0.1, 0.15) is 5.82 Å². The first kappa shape index (κ1) is 14.5. The Morgan fingerprint density at radius 1 is 1.45 bits per heavy atom. The summed E-state index contributed by atoms with van der Waals surface area (Å²) in [5.41, 5.74) is 4.68. The van der Waals surface area contributed by atoms with Crippen LogP contribution in [-0.2, 0) is 7.05 Å². The number of aromatic nitrogens is 3. The van der Waals surface area contributed by atoms with Crippen molar-refractivity contribution in [2.24, 2.45) is 12.8 Å². The summed E-state index contributed by atoms with van der Waals surface area (Å²) in [6.07, 6.45) is 0. The van der Waals surface area contributed by atoms with Crippen LogP contribution in [0, 0.1) is 5.82 Å². The third kappa shape index (κ3) is 2.81. The van der Waals surface area contributed by atoms with Crippen molar-refractivity contribution in [3.05, 3.63) is 50.3 Å². The van der Waals surface area contributed by atoms with Crippen molar-refractivity contribution in [1.29, 1.82) is 0 Å². The zero-order chi connectivity index (χ0) is 14.9. The average molecular weight is 296 g/mol. The van der Waals surface area contributed by atoms with Crippen LogP contribution < -0.4 is 16.9 Å². The molecule has 20 heavy (non-hydrogen) atoms. The Kier molecular flexibility index (Phi) is 4.05. The Bertz CT molecular complexity index is 754. The third-order valence-electron chi connectivity index (χ3n) is 2.63. The molecule has 6 nitrogen and oxygen atoms in total. The first-order valence-electron chi connectivity index (χ1n) is 5.79. The number of H-pyrrole nitrogens is 1. The van der Waals surface area contributed by atoms with Crippen molar-refractivity contribution in [3.63, 3.8) is 0 Å². The Balaban J connectivity index is 2.53. The molecule has 2 aromatic rings. The molecule has 0 unspecified atom stereocenters. The molecule has 1 atom stereocenters. The van der Waals surface area contributed by atoms with Gasteiger partial charge in [-0.25, -0.2) is 4.39 Å². The van der Waals surface area contributed by atoms with Gasteiger partial charge in [-0.15, -0.1) is 0 Å². The highest BCUT2D eigenvalue weighted by atomic mass is 32.2. The smallest absolute Gasteiger partial charge is 0.324 e. The standard InChI is InChI=1S/C12H13FN4O2S/c1-6(14)7-4-3-5-8(13)9(7)20-12-15-10(18)11(19)16-17(12)2/h3-6H,14H2,1-2H3,(H,16,19)/t6-/m0/s1. The maximum atomic E-state index is 13.9. The maximum absolute atomic E-state index is 13.9. The lowest BCUT2D eigenvalue weighted by Crippen LogP contribution is -2.33. The van der Waals surface area contributed by atoms with Gasteiger partial charge in [-0.3, -0.25) is 19.4 Å². The van der Waals surface area contributed by atoms with Crippen molar-refractivity contribution in [3.8, 4) is 0 Å². The van der Waals surface area contributed by atoms with Crippen LogP contribution in [0.3, 0.4) is 0 Å². The molecular weight excluding hydrogens is 283 g/mol. The molecule has 0 spiro atoms. The molecule has 8 heteroatoms. The Morgan fingerprint density at radius 2 is 2.15 bits per heavy atom. The van der Waals surface area contributed by atoms with Gasteiger partial charge in [0, 0.05) is 13.1 Å². The van der Waals surface area contributed by atoms with Gasteiger partial charge in [0.05, 0.1) is 4.90 Å². The molecule has 0 fully saturated rings. The monoisotopic (exact) mass is 296 g/mol. The Labute approximate surface area is 117 Å². The van der Waals surface area contributed by atoms with Crippen LogP contribution in [0.25, 0.3) is 0 Å². The molecule has 0 saturated heterocycles. The van der Waals surface area contributed by atoms with Gasteiger partial charge in [-0.2, -0.15) is 4.98 Å². The number of hydrogen-bond donors (Lipinski definition) is 2. The van der Waals surface area contributed by atoms with Crippen molar-refractivity contribution in [1.82, 2.24) is 14.8 Å². The van der Waals surface area contributed by atoms with Crippen molar-refractivity contribution >= 4 is 11.8 Å². The minimum atomic E-state index is -0.913. The van der Waals surface area contributed by atoms with Crippen LogP contribution in [0.5, 0.6) is 0 Å². The van der Waals surface area contributed by atoms with Crippen LogP contribution in [0.15, 0.2) is 37.8 Å². The minimum Gasteiger partial charge on any atom is -0.324 e. The number of aryl methyl sites for hydroxylation is 1. The highest BCUT2D eigenvalue weighted by Gasteiger charge is 2.15. The van der Waals surface area contributed by atoms with E-state index in [9.17, 15) is 14.0 Å². The molecule has 1 heterocycles. The summed E-state index contributed by atoms with van der Waals surface area (Å²) in [6.45, 7) is 1.73. The number of nitrogens with two attached hydrogens (primary N) is 1. The molecular formula is C12H13FN4O2S. The fourth-order valence-corrected chi connectivity index (χ4v) is 2.67. The first-order chi connectivity index (χ1) is 9.40. The fourth-order valence-electron chi connectivity index (χ4n) is 1.63. The number of hydrogen-bond acceptors (Lipinski definition) is 5. The Hall–Kier alpha value is -1.93. The van der Waals surface area contributed by atoms with E-state index in [0.29, 0.717) is 5.56 Å². The Morgan fingerprint density at radius 3 is 2.80 bits per heavy atom. The van der Waals surface area contributed by atoms with Crippen LogP contribution in [0.2, 0.25) is 0 Å². The predicted octanol–water partition coefficient (Wildman–Crippen LogP) is 0.779. The van der Waals surface area contributed by atoms with E-state index in [0.717, 1.165) is 11.8 Å². The second-order valence-electron chi connectivity index (χ2n) is 4.25. The van der Waals surface area contributed by atoms with Gasteiger partial charge in [0.2, 0.25) is 0 Å². The fraction of sp³-hybridized carbons (Fsp3) is 0.250. The highest BCUT2D eigenvalue weighted by Crippen LogP contribution is 2.32. The van der Waals surface area contributed by atoms with Crippen molar-refractivity contribution < 1.29 is 4.39 Å². The lowest BCUT2D eigenvalue weighted by Gasteiger charge is -2.13.